The predicted octanol–water partition coefficient (Wildman–Crippen LogP) is 2.12. The number of nitrogens with zero attached hydrogens (tertiary/aromatic N) is 2. The third-order valence-electron chi connectivity index (χ3n) is 2.52. The largest absolute Gasteiger partial charge is 0.399 e. The van der Waals surface area contributed by atoms with E-state index in [9.17, 15) is 4.39 Å². The lowest BCUT2D eigenvalue weighted by Crippen LogP contribution is -1.94. The maximum atomic E-state index is 13.6. The molecule has 0 saturated carbocycles. The van der Waals surface area contributed by atoms with Crippen LogP contribution in [0.5, 0.6) is 0 Å². The molecule has 2 rings (SSSR count). The SMILES string of the molecule is Cc1c(-c2cc(N)ccc2F)cnn1C. The van der Waals surface area contributed by atoms with Gasteiger partial charge in [-0.2, -0.15) is 5.10 Å². The molecule has 0 saturated heterocycles. The van der Waals surface area contributed by atoms with Crippen molar-refractivity contribution in [2.75, 3.05) is 5.73 Å². The van der Waals surface area contributed by atoms with Crippen molar-refractivity contribution in [1.29, 1.82) is 0 Å². The molecule has 0 aliphatic carbocycles. The second-order valence-corrected chi connectivity index (χ2v) is 3.51. The van der Waals surface area contributed by atoms with Gasteiger partial charge in [-0.05, 0) is 25.1 Å². The Morgan fingerprint density at radius 3 is 2.67 bits per heavy atom. The van der Waals surface area contributed by atoms with Crippen molar-refractivity contribution in [3.05, 3.63) is 35.9 Å². The van der Waals surface area contributed by atoms with Gasteiger partial charge >= 0.3 is 0 Å². The van der Waals surface area contributed by atoms with Gasteiger partial charge in [0.25, 0.3) is 0 Å². The lowest BCUT2D eigenvalue weighted by molar-refractivity contribution is 0.631. The first kappa shape index (κ1) is 9.71. The molecule has 2 aromatic rings. The first-order valence-electron chi connectivity index (χ1n) is 4.63. The van der Waals surface area contributed by atoms with E-state index in [1.165, 1.54) is 6.07 Å². The molecule has 0 bridgehead atoms. The lowest BCUT2D eigenvalue weighted by atomic mass is 10.1. The normalized spacial score (nSPS) is 10.6. The summed E-state index contributed by atoms with van der Waals surface area (Å²) in [6.07, 6.45) is 1.65. The van der Waals surface area contributed by atoms with Crippen LogP contribution in [0.15, 0.2) is 24.4 Å². The number of aromatic nitrogens is 2. The molecule has 0 atom stereocenters. The van der Waals surface area contributed by atoms with Crippen LogP contribution in [0.4, 0.5) is 10.1 Å². The van der Waals surface area contributed by atoms with Gasteiger partial charge in [-0.3, -0.25) is 4.68 Å². The van der Waals surface area contributed by atoms with Gasteiger partial charge in [-0.1, -0.05) is 0 Å². The van der Waals surface area contributed by atoms with Crippen LogP contribution in [0.3, 0.4) is 0 Å². The molecule has 78 valence electrons. The standard InChI is InChI=1S/C11H12FN3/c1-7-10(6-14-15(7)2)9-5-8(13)3-4-11(9)12/h3-6H,13H2,1-2H3. The van der Waals surface area contributed by atoms with Gasteiger partial charge in [0.05, 0.1) is 6.20 Å². The molecule has 0 aliphatic rings. The molecule has 0 unspecified atom stereocenters. The molecule has 0 radical (unpaired) electrons. The Kier molecular flexibility index (Phi) is 2.19. The Labute approximate surface area is 87.3 Å². The van der Waals surface area contributed by atoms with E-state index in [0.29, 0.717) is 11.3 Å². The number of halogens is 1. The highest BCUT2D eigenvalue weighted by Crippen LogP contribution is 2.27. The average molecular weight is 205 g/mol. The van der Waals surface area contributed by atoms with Crippen LogP contribution >= 0.6 is 0 Å². The molecule has 0 amide bonds. The van der Waals surface area contributed by atoms with Crippen molar-refractivity contribution < 1.29 is 4.39 Å². The van der Waals surface area contributed by atoms with E-state index >= 15 is 0 Å². The molecule has 0 fully saturated rings. The summed E-state index contributed by atoms with van der Waals surface area (Å²) in [7, 11) is 1.82. The Hall–Kier alpha value is -1.84. The van der Waals surface area contributed by atoms with Gasteiger partial charge in [-0.15, -0.1) is 0 Å². The van der Waals surface area contributed by atoms with E-state index in [-0.39, 0.29) is 5.82 Å². The number of anilines is 1. The summed E-state index contributed by atoms with van der Waals surface area (Å²) in [5.41, 5.74) is 8.38. The van der Waals surface area contributed by atoms with E-state index in [1.807, 2.05) is 14.0 Å². The van der Waals surface area contributed by atoms with E-state index in [2.05, 4.69) is 5.10 Å². The fourth-order valence-electron chi connectivity index (χ4n) is 1.51. The molecule has 1 aromatic heterocycles. The van der Waals surface area contributed by atoms with E-state index < -0.39 is 0 Å². The Balaban J connectivity index is 2.63. The number of benzene rings is 1. The van der Waals surface area contributed by atoms with Crippen LogP contribution in [0.1, 0.15) is 5.69 Å². The molecule has 0 aliphatic heterocycles. The molecule has 4 heteroatoms. The highest BCUT2D eigenvalue weighted by Gasteiger charge is 2.11. The van der Waals surface area contributed by atoms with Crippen LogP contribution in [-0.4, -0.2) is 9.78 Å². The Morgan fingerprint density at radius 2 is 2.07 bits per heavy atom. The molecular weight excluding hydrogens is 193 g/mol. The summed E-state index contributed by atoms with van der Waals surface area (Å²) in [6, 6.07) is 4.54. The molecule has 1 heterocycles. The van der Waals surface area contributed by atoms with Gasteiger partial charge in [-0.25, -0.2) is 4.39 Å². The van der Waals surface area contributed by atoms with Crippen molar-refractivity contribution in [2.45, 2.75) is 6.92 Å². The average Bonchev–Trinajstić information content (AvgIpc) is 2.52. The maximum Gasteiger partial charge on any atom is 0.131 e. The summed E-state index contributed by atoms with van der Waals surface area (Å²) in [6.45, 7) is 1.89. The highest BCUT2D eigenvalue weighted by molar-refractivity contribution is 5.69. The smallest absolute Gasteiger partial charge is 0.131 e. The van der Waals surface area contributed by atoms with Crippen LogP contribution in [0.25, 0.3) is 11.1 Å². The highest BCUT2D eigenvalue weighted by atomic mass is 19.1. The van der Waals surface area contributed by atoms with Crippen molar-refractivity contribution in [3.63, 3.8) is 0 Å². The monoisotopic (exact) mass is 205 g/mol. The van der Waals surface area contributed by atoms with Gasteiger partial charge in [0.2, 0.25) is 0 Å². The Morgan fingerprint density at radius 1 is 1.33 bits per heavy atom. The zero-order chi connectivity index (χ0) is 11.0. The predicted molar refractivity (Wildman–Crippen MR) is 57.8 cm³/mol. The molecule has 15 heavy (non-hydrogen) atoms. The van der Waals surface area contributed by atoms with Gasteiger partial charge < -0.3 is 5.73 Å². The first-order valence-corrected chi connectivity index (χ1v) is 4.63. The quantitative estimate of drug-likeness (QED) is 0.725. The summed E-state index contributed by atoms with van der Waals surface area (Å²) in [4.78, 5) is 0. The second-order valence-electron chi connectivity index (χ2n) is 3.51. The zero-order valence-electron chi connectivity index (χ0n) is 8.66. The van der Waals surface area contributed by atoms with Gasteiger partial charge in [0.1, 0.15) is 5.82 Å². The van der Waals surface area contributed by atoms with Crippen molar-refractivity contribution in [1.82, 2.24) is 9.78 Å². The van der Waals surface area contributed by atoms with E-state index in [0.717, 1.165) is 11.3 Å². The third kappa shape index (κ3) is 1.58. The molecule has 3 nitrogen and oxygen atoms in total. The minimum atomic E-state index is -0.277. The molecule has 1 aromatic carbocycles. The van der Waals surface area contributed by atoms with Crippen molar-refractivity contribution in [3.8, 4) is 11.1 Å². The van der Waals surface area contributed by atoms with E-state index in [1.54, 1.807) is 23.0 Å². The number of hydrogen-bond acceptors (Lipinski definition) is 2. The zero-order valence-corrected chi connectivity index (χ0v) is 8.66. The molecule has 2 N–H and O–H groups in total. The summed E-state index contributed by atoms with van der Waals surface area (Å²) >= 11 is 0. The summed E-state index contributed by atoms with van der Waals surface area (Å²) in [5.74, 6) is -0.277. The summed E-state index contributed by atoms with van der Waals surface area (Å²) < 4.78 is 15.3. The summed E-state index contributed by atoms with van der Waals surface area (Å²) in [5, 5.41) is 4.07. The van der Waals surface area contributed by atoms with Crippen LogP contribution < -0.4 is 5.73 Å². The second kappa shape index (κ2) is 3.38. The van der Waals surface area contributed by atoms with Gasteiger partial charge in [0, 0.05) is 29.6 Å². The fraction of sp³-hybridized carbons (Fsp3) is 0.182. The van der Waals surface area contributed by atoms with Crippen LogP contribution in [0, 0.1) is 12.7 Å². The number of nitrogens with two attached hydrogens (primary N) is 1. The van der Waals surface area contributed by atoms with Crippen LogP contribution in [0.2, 0.25) is 0 Å². The van der Waals surface area contributed by atoms with E-state index in [4.69, 9.17) is 5.73 Å². The maximum absolute atomic E-state index is 13.6. The number of aryl methyl sites for hydroxylation is 1. The number of rotatable bonds is 1. The number of hydrogen-bond donors (Lipinski definition) is 1. The van der Waals surface area contributed by atoms with Gasteiger partial charge in [0.15, 0.2) is 0 Å². The van der Waals surface area contributed by atoms with Crippen molar-refractivity contribution >= 4 is 5.69 Å². The molecule has 0 spiro atoms. The minimum absolute atomic E-state index is 0.277. The first-order chi connectivity index (χ1) is 7.09. The Bertz CT molecular complexity index is 503. The fourth-order valence-corrected chi connectivity index (χ4v) is 1.51. The topological polar surface area (TPSA) is 43.8 Å². The molecular formula is C11H12FN3. The van der Waals surface area contributed by atoms with Crippen LogP contribution in [-0.2, 0) is 7.05 Å². The minimum Gasteiger partial charge on any atom is -0.399 e. The lowest BCUT2D eigenvalue weighted by Gasteiger charge is -2.03. The number of nitrogen functional groups attached to an aromatic ring is 1. The van der Waals surface area contributed by atoms with Crippen molar-refractivity contribution in [2.24, 2.45) is 7.05 Å². The third-order valence-corrected chi connectivity index (χ3v) is 2.52.